The molecule has 0 aliphatic rings. The van der Waals surface area contributed by atoms with Crippen LogP contribution in [0.25, 0.3) is 11.4 Å². The summed E-state index contributed by atoms with van der Waals surface area (Å²) in [5.41, 5.74) is 1.62. The summed E-state index contributed by atoms with van der Waals surface area (Å²) in [5.74, 6) is -0.217. The van der Waals surface area contributed by atoms with Crippen LogP contribution in [-0.2, 0) is 11.3 Å². The monoisotopic (exact) mass is 245 g/mol. The third-order valence-corrected chi connectivity index (χ3v) is 2.44. The Kier molecular flexibility index (Phi) is 3.57. The van der Waals surface area contributed by atoms with Gasteiger partial charge >= 0.3 is 5.97 Å². The van der Waals surface area contributed by atoms with Gasteiger partial charge in [-0.1, -0.05) is 4.68 Å². The molecule has 92 valence electrons. The number of hydrogen-bond donors (Lipinski definition) is 1. The van der Waals surface area contributed by atoms with E-state index in [9.17, 15) is 4.79 Å². The molecule has 18 heavy (non-hydrogen) atoms. The standard InChI is InChI=1S/C12H12N4O2/c1-9-10(12-13-5-2-6-14-12)3-7-16(15-9)8-4-11(17)18/h2-3,5-7H,4,8H2,1H3/p+1. The number of carboxylic acids is 1. The molecule has 0 saturated carbocycles. The minimum atomic E-state index is -0.836. The van der Waals surface area contributed by atoms with Crippen molar-refractivity contribution in [3.05, 3.63) is 36.4 Å². The molecule has 2 aromatic rings. The lowest BCUT2D eigenvalue weighted by Gasteiger charge is -2.01. The highest BCUT2D eigenvalue weighted by Gasteiger charge is 2.12. The van der Waals surface area contributed by atoms with Crippen LogP contribution in [-0.4, -0.2) is 26.1 Å². The van der Waals surface area contributed by atoms with E-state index in [4.69, 9.17) is 5.11 Å². The van der Waals surface area contributed by atoms with Crippen molar-refractivity contribution in [1.82, 2.24) is 15.1 Å². The van der Waals surface area contributed by atoms with Crippen molar-refractivity contribution in [2.45, 2.75) is 19.9 Å². The third kappa shape index (κ3) is 2.85. The number of aliphatic carboxylic acids is 1. The lowest BCUT2D eigenvalue weighted by Crippen LogP contribution is -2.39. The molecular formula is C12H13N4O2+. The van der Waals surface area contributed by atoms with E-state index in [0.29, 0.717) is 12.4 Å². The van der Waals surface area contributed by atoms with Gasteiger partial charge in [0.1, 0.15) is 12.1 Å². The molecule has 0 unspecified atom stereocenters. The van der Waals surface area contributed by atoms with Crippen LogP contribution in [0.15, 0.2) is 30.7 Å². The van der Waals surface area contributed by atoms with E-state index in [1.54, 1.807) is 29.3 Å². The molecule has 0 saturated heterocycles. The summed E-state index contributed by atoms with van der Waals surface area (Å²) >= 11 is 0. The number of hydrogen-bond acceptors (Lipinski definition) is 4. The van der Waals surface area contributed by atoms with Crippen molar-refractivity contribution in [3.63, 3.8) is 0 Å². The fraction of sp³-hybridized carbons (Fsp3) is 0.250. The van der Waals surface area contributed by atoms with Crippen molar-refractivity contribution in [1.29, 1.82) is 0 Å². The maximum atomic E-state index is 10.5. The second-order valence-electron chi connectivity index (χ2n) is 3.79. The maximum Gasteiger partial charge on any atom is 0.309 e. The number of carbonyl (C=O) groups is 1. The second-order valence-corrected chi connectivity index (χ2v) is 3.79. The Morgan fingerprint density at radius 3 is 2.72 bits per heavy atom. The molecule has 0 radical (unpaired) electrons. The topological polar surface area (TPSA) is 79.9 Å². The number of aromatic nitrogens is 4. The fourth-order valence-electron chi connectivity index (χ4n) is 1.57. The van der Waals surface area contributed by atoms with Gasteiger partial charge in [-0.05, 0) is 18.1 Å². The van der Waals surface area contributed by atoms with E-state index in [-0.39, 0.29) is 6.42 Å². The molecule has 0 aromatic carbocycles. The minimum Gasteiger partial charge on any atom is -0.481 e. The van der Waals surface area contributed by atoms with Gasteiger partial charge in [-0.3, -0.25) is 4.79 Å². The summed E-state index contributed by atoms with van der Waals surface area (Å²) in [6.45, 7) is 2.20. The van der Waals surface area contributed by atoms with Crippen molar-refractivity contribution in [2.75, 3.05) is 0 Å². The molecule has 1 N–H and O–H groups in total. The average Bonchev–Trinajstić information content (AvgIpc) is 2.37. The quantitative estimate of drug-likeness (QED) is 0.798. The molecule has 0 amide bonds. The molecule has 6 heteroatoms. The van der Waals surface area contributed by atoms with Gasteiger partial charge in [0.15, 0.2) is 18.6 Å². The van der Waals surface area contributed by atoms with Crippen molar-refractivity contribution in [3.8, 4) is 11.4 Å². The number of rotatable bonds is 4. The van der Waals surface area contributed by atoms with E-state index in [0.717, 1.165) is 11.3 Å². The van der Waals surface area contributed by atoms with Crippen molar-refractivity contribution >= 4 is 5.97 Å². The Balaban J connectivity index is 2.23. The molecular weight excluding hydrogens is 232 g/mol. The van der Waals surface area contributed by atoms with E-state index < -0.39 is 5.97 Å². The SMILES string of the molecule is Cc1n[n+](CCC(=O)O)ccc1-c1ncccn1. The van der Waals surface area contributed by atoms with E-state index in [2.05, 4.69) is 15.1 Å². The Morgan fingerprint density at radius 1 is 1.39 bits per heavy atom. The molecule has 6 nitrogen and oxygen atoms in total. The molecule has 2 aromatic heterocycles. The Morgan fingerprint density at radius 2 is 2.11 bits per heavy atom. The molecule has 0 bridgehead atoms. The zero-order valence-electron chi connectivity index (χ0n) is 9.95. The summed E-state index contributed by atoms with van der Waals surface area (Å²) in [6, 6.07) is 3.60. The van der Waals surface area contributed by atoms with Gasteiger partial charge in [-0.25, -0.2) is 9.97 Å². The van der Waals surface area contributed by atoms with Crippen molar-refractivity contribution in [2.24, 2.45) is 0 Å². The van der Waals surface area contributed by atoms with Crippen LogP contribution in [0.2, 0.25) is 0 Å². The normalized spacial score (nSPS) is 10.3. The van der Waals surface area contributed by atoms with Gasteiger partial charge in [-0.15, -0.1) is 0 Å². The van der Waals surface area contributed by atoms with Crippen LogP contribution in [0.1, 0.15) is 12.1 Å². The van der Waals surface area contributed by atoms with Crippen LogP contribution in [0, 0.1) is 6.92 Å². The van der Waals surface area contributed by atoms with Crippen LogP contribution in [0.4, 0.5) is 0 Å². The first-order chi connectivity index (χ1) is 8.66. The predicted molar refractivity (Wildman–Crippen MR) is 62.4 cm³/mol. The van der Waals surface area contributed by atoms with Gasteiger partial charge in [0.05, 0.1) is 5.56 Å². The molecule has 0 atom stereocenters. The lowest BCUT2D eigenvalue weighted by atomic mass is 10.2. The average molecular weight is 245 g/mol. The molecule has 0 aliphatic carbocycles. The van der Waals surface area contributed by atoms with Crippen LogP contribution in [0.3, 0.4) is 0 Å². The fourth-order valence-corrected chi connectivity index (χ4v) is 1.57. The smallest absolute Gasteiger partial charge is 0.309 e. The van der Waals surface area contributed by atoms with Gasteiger partial charge in [-0.2, -0.15) is 0 Å². The summed E-state index contributed by atoms with van der Waals surface area (Å²) in [7, 11) is 0. The third-order valence-electron chi connectivity index (χ3n) is 2.44. The van der Waals surface area contributed by atoms with Crippen LogP contribution in [0.5, 0.6) is 0 Å². The minimum absolute atomic E-state index is 0.0539. The number of aryl methyl sites for hydroxylation is 2. The molecule has 0 aliphatic heterocycles. The van der Waals surface area contributed by atoms with Gasteiger partial charge in [0.25, 0.3) is 0 Å². The molecule has 2 rings (SSSR count). The van der Waals surface area contributed by atoms with Crippen molar-refractivity contribution < 1.29 is 14.6 Å². The first-order valence-electron chi connectivity index (χ1n) is 5.53. The molecule has 0 spiro atoms. The van der Waals surface area contributed by atoms with E-state index in [1.165, 1.54) is 0 Å². The van der Waals surface area contributed by atoms with E-state index in [1.807, 2.05) is 13.0 Å². The largest absolute Gasteiger partial charge is 0.481 e. The maximum absolute atomic E-state index is 10.5. The highest BCUT2D eigenvalue weighted by Crippen LogP contribution is 2.14. The van der Waals surface area contributed by atoms with Crippen LogP contribution >= 0.6 is 0 Å². The second kappa shape index (κ2) is 5.31. The first-order valence-corrected chi connectivity index (χ1v) is 5.53. The molecule has 0 fully saturated rings. The van der Waals surface area contributed by atoms with Crippen LogP contribution < -0.4 is 4.68 Å². The highest BCUT2D eigenvalue weighted by atomic mass is 16.4. The van der Waals surface area contributed by atoms with Gasteiger partial charge in [0.2, 0.25) is 0 Å². The highest BCUT2D eigenvalue weighted by molar-refractivity contribution is 5.66. The summed E-state index contributed by atoms with van der Waals surface area (Å²) < 4.78 is 1.61. The van der Waals surface area contributed by atoms with Gasteiger partial charge in [0, 0.05) is 18.5 Å². The summed E-state index contributed by atoms with van der Waals surface area (Å²) in [6.07, 6.45) is 5.14. The zero-order valence-corrected chi connectivity index (χ0v) is 9.95. The predicted octanol–water partition coefficient (Wildman–Crippen LogP) is 0.609. The first kappa shape index (κ1) is 12.1. The van der Waals surface area contributed by atoms with Gasteiger partial charge < -0.3 is 5.11 Å². The Labute approximate surface area is 104 Å². The Hall–Kier alpha value is -2.37. The summed E-state index contributed by atoms with van der Waals surface area (Å²) in [5, 5.41) is 12.9. The van der Waals surface area contributed by atoms with E-state index >= 15 is 0 Å². The summed E-state index contributed by atoms with van der Waals surface area (Å²) in [4.78, 5) is 18.8. The zero-order chi connectivity index (χ0) is 13.0. The number of carboxylic acid groups (broad SMARTS) is 1. The lowest BCUT2D eigenvalue weighted by molar-refractivity contribution is -0.753. The number of nitrogens with zero attached hydrogens (tertiary/aromatic N) is 4. The molecule has 2 heterocycles. The Bertz CT molecular complexity index is 557.